The first-order chi connectivity index (χ1) is 13.3. The van der Waals surface area contributed by atoms with Crippen LogP contribution in [0.15, 0.2) is 46.9 Å². The molecular formula is C20H19NO7. The van der Waals surface area contributed by atoms with E-state index >= 15 is 0 Å². The number of hydrogen-bond donors (Lipinski definition) is 2. The zero-order valence-corrected chi connectivity index (χ0v) is 15.5. The number of quaternary nitrogens is 1. The van der Waals surface area contributed by atoms with Crippen molar-refractivity contribution in [1.29, 1.82) is 0 Å². The van der Waals surface area contributed by atoms with Crippen LogP contribution in [0, 0.1) is 12.1 Å². The number of rotatable bonds is 5. The van der Waals surface area contributed by atoms with Crippen LogP contribution in [0.2, 0.25) is 0 Å². The van der Waals surface area contributed by atoms with Crippen molar-refractivity contribution in [3.8, 4) is 5.75 Å². The molecule has 0 fully saturated rings. The molecule has 0 spiro atoms. The van der Waals surface area contributed by atoms with Crippen LogP contribution in [-0.2, 0) is 4.74 Å². The summed E-state index contributed by atoms with van der Waals surface area (Å²) in [5.74, 6) is -0.645. The molecule has 0 saturated carbocycles. The molecule has 1 atom stereocenters. The third-order valence-electron chi connectivity index (χ3n) is 3.94. The molecular weight excluding hydrogens is 366 g/mol. The second-order valence-corrected chi connectivity index (χ2v) is 6.42. The van der Waals surface area contributed by atoms with Gasteiger partial charge >= 0.3 is 11.9 Å². The van der Waals surface area contributed by atoms with E-state index in [0.29, 0.717) is 16.7 Å². The first-order valence-electron chi connectivity index (χ1n) is 8.56. The van der Waals surface area contributed by atoms with E-state index in [0.717, 1.165) is 0 Å². The number of carbonyl (C=O) groups excluding carboxylic acids is 2. The largest absolute Gasteiger partial charge is 0.595 e. The maximum Gasteiger partial charge on any atom is 0.343 e. The Morgan fingerprint density at radius 2 is 1.89 bits per heavy atom. The van der Waals surface area contributed by atoms with Crippen molar-refractivity contribution in [2.24, 2.45) is 0 Å². The molecule has 3 rings (SSSR count). The first kappa shape index (κ1) is 19.6. The van der Waals surface area contributed by atoms with Crippen LogP contribution >= 0.6 is 0 Å². The summed E-state index contributed by atoms with van der Waals surface area (Å²) < 4.78 is 16.2. The van der Waals surface area contributed by atoms with E-state index in [1.807, 2.05) is 0 Å². The highest BCUT2D eigenvalue weighted by atomic mass is 16.8. The fourth-order valence-corrected chi connectivity index (χ4v) is 2.73. The highest BCUT2D eigenvalue weighted by molar-refractivity contribution is 6.05. The van der Waals surface area contributed by atoms with Gasteiger partial charge in [0.2, 0.25) is 0 Å². The second-order valence-electron chi connectivity index (χ2n) is 6.42. The zero-order chi connectivity index (χ0) is 20.4. The molecule has 146 valence electrons. The molecule has 8 heteroatoms. The Morgan fingerprint density at radius 1 is 1.14 bits per heavy atom. The summed E-state index contributed by atoms with van der Waals surface area (Å²) >= 11 is 0. The van der Waals surface area contributed by atoms with E-state index in [4.69, 9.17) is 19.1 Å². The molecule has 3 aromatic rings. The molecule has 28 heavy (non-hydrogen) atoms. The number of benzene rings is 2. The molecule has 0 aliphatic rings. The normalized spacial score (nSPS) is 12.2. The van der Waals surface area contributed by atoms with Crippen LogP contribution < -0.4 is 9.96 Å². The Balaban J connectivity index is 1.91. The average Bonchev–Trinajstić information content (AvgIpc) is 2.96. The smallest absolute Gasteiger partial charge is 0.343 e. The summed E-state index contributed by atoms with van der Waals surface area (Å²) in [6.45, 7) is 5.14. The number of hydrogen-bond acceptors (Lipinski definition) is 7. The van der Waals surface area contributed by atoms with Crippen molar-refractivity contribution in [3.63, 3.8) is 0 Å². The second kappa shape index (κ2) is 7.81. The number of carbonyl (C=O) groups is 2. The van der Waals surface area contributed by atoms with E-state index in [2.05, 4.69) is 0 Å². The fourth-order valence-electron chi connectivity index (χ4n) is 2.73. The lowest BCUT2D eigenvalue weighted by molar-refractivity contribution is -0.991. The minimum Gasteiger partial charge on any atom is -0.595 e. The minimum absolute atomic E-state index is 0.0194. The number of esters is 2. The quantitative estimate of drug-likeness (QED) is 0.394. The lowest BCUT2D eigenvalue weighted by Gasteiger charge is -2.12. The number of aryl methyl sites for hydroxylation is 1. The van der Waals surface area contributed by atoms with Crippen LogP contribution in [-0.4, -0.2) is 23.2 Å². The lowest BCUT2D eigenvalue weighted by Crippen LogP contribution is -2.99. The van der Waals surface area contributed by atoms with Gasteiger partial charge in [0.1, 0.15) is 22.7 Å². The molecule has 0 aliphatic carbocycles. The average molecular weight is 385 g/mol. The first-order valence-corrected chi connectivity index (χ1v) is 8.56. The number of fused-ring (bicyclic) bond motifs is 1. The summed E-state index contributed by atoms with van der Waals surface area (Å²) in [5, 5.41) is 19.4. The summed E-state index contributed by atoms with van der Waals surface area (Å²) in [4.78, 5) is 24.7. The molecule has 8 nitrogen and oxygen atoms in total. The Labute approximate surface area is 160 Å². The molecule has 2 N–H and O–H groups in total. The Kier molecular flexibility index (Phi) is 5.46. The van der Waals surface area contributed by atoms with Gasteiger partial charge in [0.25, 0.3) is 0 Å². The van der Waals surface area contributed by atoms with Gasteiger partial charge in [0.15, 0.2) is 5.69 Å². The van der Waals surface area contributed by atoms with Crippen molar-refractivity contribution in [2.75, 3.05) is 0 Å². The van der Waals surface area contributed by atoms with Gasteiger partial charge < -0.3 is 19.1 Å². The fraction of sp³-hybridized carbons (Fsp3) is 0.200. The Hall–Kier alpha value is -3.20. The highest BCUT2D eigenvalue weighted by Crippen LogP contribution is 2.30. The molecule has 0 bridgehead atoms. The summed E-state index contributed by atoms with van der Waals surface area (Å²) in [5.41, 5.74) is 0.812. The van der Waals surface area contributed by atoms with Gasteiger partial charge in [-0.2, -0.15) is 5.23 Å². The standard InChI is InChI=1S/C20H19NO7/c1-11(2)26-20(23)18-12(3)27-17-8-7-15(10-16(17)18)28-19(22)13-5-4-6-14(9-13)21(24)25/h4-11,21,24H,1-3H3. The van der Waals surface area contributed by atoms with E-state index < -0.39 is 17.2 Å². The van der Waals surface area contributed by atoms with E-state index in [1.165, 1.54) is 36.4 Å². The van der Waals surface area contributed by atoms with Crippen LogP contribution in [0.3, 0.4) is 0 Å². The zero-order valence-electron chi connectivity index (χ0n) is 15.5. The monoisotopic (exact) mass is 385 g/mol. The molecule has 1 aromatic heterocycles. The predicted octanol–water partition coefficient (Wildman–Crippen LogP) is 2.93. The molecule has 1 unspecified atom stereocenters. The van der Waals surface area contributed by atoms with Crippen molar-refractivity contribution < 1.29 is 33.9 Å². The van der Waals surface area contributed by atoms with Crippen molar-refractivity contribution in [3.05, 3.63) is 64.6 Å². The van der Waals surface area contributed by atoms with E-state index in [-0.39, 0.29) is 28.7 Å². The summed E-state index contributed by atoms with van der Waals surface area (Å²) in [6.07, 6.45) is -0.292. The van der Waals surface area contributed by atoms with E-state index in [9.17, 15) is 14.8 Å². The van der Waals surface area contributed by atoms with Crippen LogP contribution in [0.4, 0.5) is 5.69 Å². The van der Waals surface area contributed by atoms with Gasteiger partial charge in [0, 0.05) is 17.5 Å². The predicted molar refractivity (Wildman–Crippen MR) is 98.7 cm³/mol. The maximum atomic E-state index is 12.4. The Morgan fingerprint density at radius 3 is 2.57 bits per heavy atom. The molecule has 0 amide bonds. The minimum atomic E-state index is -1.14. The van der Waals surface area contributed by atoms with Gasteiger partial charge in [-0.1, -0.05) is 6.07 Å². The SMILES string of the molecule is Cc1oc2ccc(OC(=O)c3cccc([NH+]([O-])O)c3)cc2c1C(=O)OC(C)C. The van der Waals surface area contributed by atoms with Gasteiger partial charge in [0.05, 0.1) is 11.7 Å². The lowest BCUT2D eigenvalue weighted by atomic mass is 10.1. The van der Waals surface area contributed by atoms with Crippen LogP contribution in [0.1, 0.15) is 40.3 Å². The van der Waals surface area contributed by atoms with Gasteiger partial charge in [-0.15, -0.1) is 0 Å². The summed E-state index contributed by atoms with van der Waals surface area (Å²) in [6, 6.07) is 10.2. The van der Waals surface area contributed by atoms with Gasteiger partial charge in [-0.05, 0) is 45.0 Å². The molecule has 1 heterocycles. The number of ether oxygens (including phenoxy) is 2. The summed E-state index contributed by atoms with van der Waals surface area (Å²) in [7, 11) is 0. The van der Waals surface area contributed by atoms with Crippen molar-refractivity contribution in [1.82, 2.24) is 0 Å². The van der Waals surface area contributed by atoms with Crippen molar-refractivity contribution >= 4 is 28.6 Å². The van der Waals surface area contributed by atoms with Crippen molar-refractivity contribution in [2.45, 2.75) is 26.9 Å². The third kappa shape index (κ3) is 4.04. The van der Waals surface area contributed by atoms with Crippen LogP contribution in [0.5, 0.6) is 5.75 Å². The Bertz CT molecular complexity index is 1040. The van der Waals surface area contributed by atoms with Crippen LogP contribution in [0.25, 0.3) is 11.0 Å². The van der Waals surface area contributed by atoms with Gasteiger partial charge in [-0.3, -0.25) is 0 Å². The molecule has 2 aromatic carbocycles. The topological polar surface area (TPSA) is 113 Å². The molecule has 0 saturated heterocycles. The maximum absolute atomic E-state index is 12.4. The molecule has 0 aliphatic heterocycles. The van der Waals surface area contributed by atoms with Gasteiger partial charge in [-0.25, -0.2) is 14.8 Å². The molecule has 0 radical (unpaired) electrons. The number of nitrogens with one attached hydrogen (secondary N) is 1. The van der Waals surface area contributed by atoms with E-state index in [1.54, 1.807) is 26.8 Å². The highest BCUT2D eigenvalue weighted by Gasteiger charge is 2.21. The number of furan rings is 1. The third-order valence-corrected chi connectivity index (χ3v) is 3.94.